The summed E-state index contributed by atoms with van der Waals surface area (Å²) in [5, 5.41) is 18.3. The molecular weight excluding hydrogens is 638 g/mol. The van der Waals surface area contributed by atoms with Gasteiger partial charge in [-0.1, -0.05) is 52.2 Å². The van der Waals surface area contributed by atoms with Gasteiger partial charge in [0.15, 0.2) is 0 Å². The van der Waals surface area contributed by atoms with Crippen LogP contribution in [0.15, 0.2) is 24.3 Å². The standard InChI is InChI=1S/C37H63N7O6/c1-4-41-18-20-42(26-27-45)21-23-44(30-36(48)49)25-24-43(22-19-41)29-35(47)40-28-32-12-14-33(15-13-32)37(50)39-17-8-5-6-11-34(46)38-16-9-7-10-31(2)3/h12-15,27,31H,4-11,16-26,28-30H2,1-3H3,(H,38,46)(H,39,50)(H,40,47)(H,48,49). The van der Waals surface area contributed by atoms with E-state index in [9.17, 15) is 29.1 Å². The van der Waals surface area contributed by atoms with E-state index in [0.717, 1.165) is 70.1 Å². The van der Waals surface area contributed by atoms with Crippen molar-refractivity contribution in [2.45, 2.75) is 72.3 Å². The Hall–Kier alpha value is -3.39. The zero-order valence-electron chi connectivity index (χ0n) is 30.8. The van der Waals surface area contributed by atoms with Gasteiger partial charge in [-0.25, -0.2) is 0 Å². The molecule has 1 aromatic rings. The number of nitrogens with one attached hydrogen (secondary N) is 3. The van der Waals surface area contributed by atoms with Crippen LogP contribution in [0.1, 0.15) is 81.6 Å². The molecule has 3 amide bonds. The van der Waals surface area contributed by atoms with Crippen molar-refractivity contribution in [3.8, 4) is 0 Å². The van der Waals surface area contributed by atoms with Gasteiger partial charge in [0.05, 0.1) is 19.6 Å². The minimum Gasteiger partial charge on any atom is -0.480 e. The fourth-order valence-corrected chi connectivity index (χ4v) is 5.81. The molecule has 4 N–H and O–H groups in total. The van der Waals surface area contributed by atoms with E-state index in [1.807, 2.05) is 17.0 Å². The molecule has 0 bridgehead atoms. The van der Waals surface area contributed by atoms with E-state index in [1.54, 1.807) is 12.1 Å². The van der Waals surface area contributed by atoms with Crippen molar-refractivity contribution in [1.82, 2.24) is 35.6 Å². The summed E-state index contributed by atoms with van der Waals surface area (Å²) in [4.78, 5) is 68.5. The number of amides is 3. The summed E-state index contributed by atoms with van der Waals surface area (Å²) in [6, 6.07) is 7.18. The Morgan fingerprint density at radius 2 is 1.30 bits per heavy atom. The Kier molecular flexibility index (Phi) is 21.9. The molecule has 1 aliphatic heterocycles. The predicted octanol–water partition coefficient (Wildman–Crippen LogP) is 2.06. The molecule has 1 heterocycles. The normalized spacial score (nSPS) is 15.9. The summed E-state index contributed by atoms with van der Waals surface area (Å²) in [6.45, 7) is 14.5. The number of aldehydes is 1. The number of nitrogens with zero attached hydrogens (tertiary/aromatic N) is 4. The second-order valence-electron chi connectivity index (χ2n) is 13.6. The quantitative estimate of drug-likeness (QED) is 0.111. The van der Waals surface area contributed by atoms with Gasteiger partial charge in [-0.05, 0) is 49.4 Å². The summed E-state index contributed by atoms with van der Waals surface area (Å²) in [6.07, 6.45) is 7.23. The first-order valence-corrected chi connectivity index (χ1v) is 18.5. The Balaban J connectivity index is 1.74. The Bertz CT molecular complexity index is 1150. The Labute approximate surface area is 299 Å². The van der Waals surface area contributed by atoms with Crippen molar-refractivity contribution in [3.63, 3.8) is 0 Å². The maximum Gasteiger partial charge on any atom is 0.317 e. The van der Waals surface area contributed by atoms with Crippen LogP contribution < -0.4 is 16.0 Å². The van der Waals surface area contributed by atoms with Crippen molar-refractivity contribution in [2.75, 3.05) is 91.6 Å². The van der Waals surface area contributed by atoms with Gasteiger partial charge in [-0.2, -0.15) is 0 Å². The van der Waals surface area contributed by atoms with Gasteiger partial charge in [-0.3, -0.25) is 33.9 Å². The molecule has 1 aliphatic rings. The van der Waals surface area contributed by atoms with Gasteiger partial charge >= 0.3 is 5.97 Å². The predicted molar refractivity (Wildman–Crippen MR) is 196 cm³/mol. The lowest BCUT2D eigenvalue weighted by molar-refractivity contribution is -0.138. The molecule has 282 valence electrons. The van der Waals surface area contributed by atoms with Crippen molar-refractivity contribution in [1.29, 1.82) is 0 Å². The van der Waals surface area contributed by atoms with Crippen molar-refractivity contribution < 1.29 is 29.1 Å². The smallest absolute Gasteiger partial charge is 0.317 e. The lowest BCUT2D eigenvalue weighted by Crippen LogP contribution is -2.48. The zero-order chi connectivity index (χ0) is 36.6. The molecule has 0 unspecified atom stereocenters. The van der Waals surface area contributed by atoms with Crippen LogP contribution in [0.25, 0.3) is 0 Å². The molecule has 0 spiro atoms. The molecule has 1 saturated heterocycles. The van der Waals surface area contributed by atoms with Crippen LogP contribution in [-0.4, -0.2) is 146 Å². The van der Waals surface area contributed by atoms with Crippen LogP contribution in [0, 0.1) is 5.92 Å². The van der Waals surface area contributed by atoms with Crippen LogP contribution in [0.2, 0.25) is 0 Å². The summed E-state index contributed by atoms with van der Waals surface area (Å²) < 4.78 is 0. The van der Waals surface area contributed by atoms with E-state index in [0.29, 0.717) is 76.8 Å². The second-order valence-corrected chi connectivity index (χ2v) is 13.6. The van der Waals surface area contributed by atoms with Gasteiger partial charge in [-0.15, -0.1) is 0 Å². The number of benzene rings is 1. The molecule has 0 aliphatic carbocycles. The third kappa shape index (κ3) is 19.7. The molecule has 50 heavy (non-hydrogen) atoms. The number of carboxylic acids is 1. The number of rotatable bonds is 21. The molecule has 2 rings (SSSR count). The SMILES string of the molecule is CCN1CCN(CC=O)CCN(CC(=O)O)CCN(CC(=O)NCc2ccc(C(=O)NCCCCCC(=O)NCCCCC(C)C)cc2)CC1. The molecule has 13 heteroatoms. The van der Waals surface area contributed by atoms with E-state index in [1.165, 1.54) is 6.42 Å². The number of likely N-dealkylation sites (N-methyl/N-ethyl adjacent to an activating group) is 1. The third-order valence-corrected chi connectivity index (χ3v) is 9.04. The summed E-state index contributed by atoms with van der Waals surface area (Å²) in [5.74, 6) is -0.378. The van der Waals surface area contributed by atoms with Crippen LogP contribution >= 0.6 is 0 Å². The van der Waals surface area contributed by atoms with Crippen molar-refractivity contribution >= 4 is 30.0 Å². The highest BCUT2D eigenvalue weighted by Gasteiger charge is 2.19. The first-order chi connectivity index (χ1) is 24.1. The molecular formula is C37H63N7O6. The highest BCUT2D eigenvalue weighted by atomic mass is 16.4. The molecule has 0 atom stereocenters. The summed E-state index contributed by atoms with van der Waals surface area (Å²) >= 11 is 0. The molecule has 13 nitrogen and oxygen atoms in total. The highest BCUT2D eigenvalue weighted by molar-refractivity contribution is 5.94. The maximum atomic E-state index is 13.0. The van der Waals surface area contributed by atoms with Crippen molar-refractivity contribution in [2.24, 2.45) is 5.92 Å². The second kappa shape index (κ2) is 25.5. The van der Waals surface area contributed by atoms with Crippen LogP contribution in [0.4, 0.5) is 0 Å². The fraction of sp³-hybridized carbons (Fsp3) is 0.703. The number of unbranched alkanes of at least 4 members (excludes halogenated alkanes) is 3. The minimum absolute atomic E-state index is 0.0942. The van der Waals surface area contributed by atoms with Crippen LogP contribution in [0.5, 0.6) is 0 Å². The van der Waals surface area contributed by atoms with Gasteiger partial charge in [0.1, 0.15) is 6.29 Å². The van der Waals surface area contributed by atoms with E-state index in [2.05, 4.69) is 51.4 Å². The average molecular weight is 702 g/mol. The topological polar surface area (TPSA) is 155 Å². The fourth-order valence-electron chi connectivity index (χ4n) is 5.81. The molecule has 1 aromatic carbocycles. The van der Waals surface area contributed by atoms with Crippen LogP contribution in [0.3, 0.4) is 0 Å². The first kappa shape index (κ1) is 42.8. The molecule has 1 fully saturated rings. The minimum atomic E-state index is -0.903. The van der Waals surface area contributed by atoms with E-state index >= 15 is 0 Å². The third-order valence-electron chi connectivity index (χ3n) is 9.04. The van der Waals surface area contributed by atoms with Crippen LogP contribution in [-0.2, 0) is 25.7 Å². The van der Waals surface area contributed by atoms with E-state index < -0.39 is 5.97 Å². The van der Waals surface area contributed by atoms with E-state index in [4.69, 9.17) is 0 Å². The lowest BCUT2D eigenvalue weighted by Gasteiger charge is -2.32. The summed E-state index contributed by atoms with van der Waals surface area (Å²) in [7, 11) is 0. The molecule has 0 radical (unpaired) electrons. The van der Waals surface area contributed by atoms with Gasteiger partial charge in [0.2, 0.25) is 11.8 Å². The van der Waals surface area contributed by atoms with Gasteiger partial charge in [0.25, 0.3) is 5.91 Å². The number of aliphatic carboxylic acids is 1. The lowest BCUT2D eigenvalue weighted by atomic mass is 10.1. The highest BCUT2D eigenvalue weighted by Crippen LogP contribution is 2.07. The van der Waals surface area contributed by atoms with Gasteiger partial charge < -0.3 is 30.8 Å². The molecule has 0 aromatic heterocycles. The van der Waals surface area contributed by atoms with Gasteiger partial charge in [0, 0.05) is 84.0 Å². The number of carbonyl (C=O) groups is 5. The number of carboxylic acid groups (broad SMARTS) is 1. The van der Waals surface area contributed by atoms with E-state index in [-0.39, 0.29) is 30.8 Å². The first-order valence-electron chi connectivity index (χ1n) is 18.5. The summed E-state index contributed by atoms with van der Waals surface area (Å²) in [5.41, 5.74) is 1.43. The average Bonchev–Trinajstić information content (AvgIpc) is 3.08. The monoisotopic (exact) mass is 701 g/mol. The zero-order valence-corrected chi connectivity index (χ0v) is 30.8. The van der Waals surface area contributed by atoms with Crippen molar-refractivity contribution in [3.05, 3.63) is 35.4 Å². The Morgan fingerprint density at radius 1 is 0.720 bits per heavy atom. The number of carbonyl (C=O) groups excluding carboxylic acids is 4. The Morgan fingerprint density at radius 3 is 1.90 bits per heavy atom. The number of hydrogen-bond donors (Lipinski definition) is 4. The largest absolute Gasteiger partial charge is 0.480 e. The maximum absolute atomic E-state index is 13.0. The number of hydrogen-bond acceptors (Lipinski definition) is 9. The molecule has 0 saturated carbocycles.